The molecule has 3 aliphatic rings. The summed E-state index contributed by atoms with van der Waals surface area (Å²) in [7, 11) is 0. The number of imide groups is 1. The zero-order valence-corrected chi connectivity index (χ0v) is 37.2. The van der Waals surface area contributed by atoms with Crippen LogP contribution in [-0.4, -0.2) is 137 Å². The fraction of sp³-hybridized carbons (Fsp3) is 0.500. The van der Waals surface area contributed by atoms with Gasteiger partial charge in [0.15, 0.2) is 6.10 Å². The average Bonchev–Trinajstić information content (AvgIpc) is 3.95. The van der Waals surface area contributed by atoms with Crippen molar-refractivity contribution < 1.29 is 61.2 Å². The van der Waals surface area contributed by atoms with Gasteiger partial charge in [-0.05, 0) is 70.2 Å². The fourth-order valence-electron chi connectivity index (χ4n) is 8.10. The van der Waals surface area contributed by atoms with Crippen LogP contribution in [0.1, 0.15) is 64.9 Å². The van der Waals surface area contributed by atoms with Gasteiger partial charge in [-0.3, -0.25) is 24.1 Å². The summed E-state index contributed by atoms with van der Waals surface area (Å²) >= 11 is 0. The Kier molecular flexibility index (Phi) is 16.1. The van der Waals surface area contributed by atoms with Gasteiger partial charge in [0.25, 0.3) is 17.7 Å². The largest absolute Gasteiger partial charge is 0.453 e. The van der Waals surface area contributed by atoms with Crippen LogP contribution in [-0.2, 0) is 49.4 Å². The highest BCUT2D eigenvalue weighted by Crippen LogP contribution is 2.39. The molecule has 17 nitrogen and oxygen atoms in total. The molecular weight excluding hydrogens is 851 g/mol. The number of ether oxygens (including phenoxy) is 5. The number of imidazole rings is 1. The van der Waals surface area contributed by atoms with Crippen molar-refractivity contribution in [3.8, 4) is 11.3 Å². The molecule has 0 radical (unpaired) electrons. The summed E-state index contributed by atoms with van der Waals surface area (Å²) < 4.78 is 60.4. The lowest BCUT2D eigenvalue weighted by atomic mass is 9.88. The van der Waals surface area contributed by atoms with Crippen LogP contribution in [0.15, 0.2) is 66.9 Å². The Morgan fingerprint density at radius 2 is 1.69 bits per heavy atom. The maximum absolute atomic E-state index is 15.5. The summed E-state index contributed by atoms with van der Waals surface area (Å²) in [5.74, 6) is -4.25. The van der Waals surface area contributed by atoms with E-state index in [-0.39, 0.29) is 69.7 Å². The van der Waals surface area contributed by atoms with E-state index in [2.05, 4.69) is 5.32 Å². The number of benzene rings is 2. The van der Waals surface area contributed by atoms with Gasteiger partial charge < -0.3 is 43.4 Å². The van der Waals surface area contributed by atoms with E-state index in [9.17, 15) is 33.2 Å². The number of rotatable bonds is 17. The number of amides is 5. The van der Waals surface area contributed by atoms with Crippen LogP contribution in [0.5, 0.6) is 0 Å². The number of carbonyl (C=O) groups excluding carboxylic acids is 6. The maximum atomic E-state index is 15.5. The Hall–Kier alpha value is -6.21. The molecule has 0 saturated carbocycles. The molecule has 6 rings (SSSR count). The highest BCUT2D eigenvalue weighted by Gasteiger charge is 2.45. The molecule has 19 heteroatoms. The van der Waals surface area contributed by atoms with E-state index in [1.165, 1.54) is 35.8 Å². The van der Waals surface area contributed by atoms with Crippen molar-refractivity contribution in [3.63, 3.8) is 0 Å². The Balaban J connectivity index is 1.34. The molecule has 5 amide bonds. The Morgan fingerprint density at radius 1 is 0.985 bits per heavy atom. The molecule has 4 atom stereocenters. The summed E-state index contributed by atoms with van der Waals surface area (Å²) in [6.07, 6.45) is 1.13. The molecule has 4 heterocycles. The molecule has 65 heavy (non-hydrogen) atoms. The van der Waals surface area contributed by atoms with E-state index in [1.807, 2.05) is 30.3 Å². The smallest absolute Gasteiger partial charge is 0.410 e. The molecule has 3 aromatic rings. The monoisotopic (exact) mass is 906 g/mol. The van der Waals surface area contributed by atoms with Gasteiger partial charge in [0.1, 0.15) is 29.2 Å². The van der Waals surface area contributed by atoms with Crippen LogP contribution in [0.2, 0.25) is 0 Å². The van der Waals surface area contributed by atoms with Crippen molar-refractivity contribution in [2.45, 2.75) is 77.9 Å². The summed E-state index contributed by atoms with van der Waals surface area (Å²) in [5.41, 5.74) is 0.0352. The zero-order valence-electron chi connectivity index (χ0n) is 37.2. The van der Waals surface area contributed by atoms with Crippen molar-refractivity contribution in [1.82, 2.24) is 29.6 Å². The van der Waals surface area contributed by atoms with Gasteiger partial charge in [0.2, 0.25) is 0 Å². The SMILES string of the molecule is CC(=O)O[C@@H](C)C(=O)N(C[C@@H]1CN(C(=O)OC(C)(C)C)C[C@H]1OC(=O)NCCOCCN1C(=O)C=CC1=O)[C@@H](c1nc(-c2cc(F)ccc2F)cn1Cc1ccccc1)C1CCOCC1. The van der Waals surface area contributed by atoms with E-state index in [1.54, 1.807) is 31.5 Å². The van der Waals surface area contributed by atoms with Crippen molar-refractivity contribution in [1.29, 1.82) is 0 Å². The summed E-state index contributed by atoms with van der Waals surface area (Å²) in [6.45, 7) is 8.59. The van der Waals surface area contributed by atoms with E-state index in [4.69, 9.17) is 28.7 Å². The number of nitrogens with one attached hydrogen (secondary N) is 1. The summed E-state index contributed by atoms with van der Waals surface area (Å²) in [4.78, 5) is 86.8. The van der Waals surface area contributed by atoms with Crippen LogP contribution in [0.4, 0.5) is 18.4 Å². The molecule has 2 aromatic carbocycles. The lowest BCUT2D eigenvalue weighted by Gasteiger charge is -2.41. The number of carbonyl (C=O) groups is 6. The fourth-order valence-corrected chi connectivity index (χ4v) is 8.10. The second-order valence-electron chi connectivity index (χ2n) is 17.1. The van der Waals surface area contributed by atoms with Crippen LogP contribution < -0.4 is 5.32 Å². The van der Waals surface area contributed by atoms with Gasteiger partial charge in [-0.25, -0.2) is 23.4 Å². The number of halogens is 2. The molecular formula is C46H56F2N6O11. The number of esters is 1. The van der Waals surface area contributed by atoms with Gasteiger partial charge in [0, 0.05) is 76.1 Å². The second-order valence-corrected chi connectivity index (χ2v) is 17.1. The number of hydrogen-bond acceptors (Lipinski definition) is 12. The normalized spacial score (nSPS) is 18.7. The first-order chi connectivity index (χ1) is 31.0. The predicted molar refractivity (Wildman–Crippen MR) is 229 cm³/mol. The minimum atomic E-state index is -1.29. The van der Waals surface area contributed by atoms with Gasteiger partial charge >= 0.3 is 18.2 Å². The lowest BCUT2D eigenvalue weighted by Crippen LogP contribution is -2.50. The molecule has 0 unspecified atom stereocenters. The molecule has 0 spiro atoms. The highest BCUT2D eigenvalue weighted by molar-refractivity contribution is 6.12. The van der Waals surface area contributed by atoms with Gasteiger partial charge in [0.05, 0.1) is 38.0 Å². The Bertz CT molecular complexity index is 2210. The van der Waals surface area contributed by atoms with Crippen LogP contribution >= 0.6 is 0 Å². The molecule has 350 valence electrons. The van der Waals surface area contributed by atoms with Crippen molar-refractivity contribution >= 4 is 35.9 Å². The standard InChI is InChI=1S/C46H56F2N6O11/c1-29(63-30(2)55)43(58)54(26-33-25-52(45(60)65-46(3,4)5)28-38(33)64-44(59)49-17-21-62-22-18-53-39(56)13-14-40(53)57)41(32-15-19-61-20-16-32)42-50-37(35-23-34(47)11-12-36(35)48)27-51(42)24-31-9-7-6-8-10-31/h6-14,23,27,29,32-33,38,41H,15-22,24-26,28H2,1-5H3,(H,49,59)/t29-,33-,38+,41+/m0/s1. The molecule has 2 saturated heterocycles. The number of aromatic nitrogens is 2. The third kappa shape index (κ3) is 13.0. The molecule has 0 aliphatic carbocycles. The van der Waals surface area contributed by atoms with Crippen molar-refractivity contribution in [2.24, 2.45) is 11.8 Å². The van der Waals surface area contributed by atoms with E-state index in [0.717, 1.165) is 28.7 Å². The predicted octanol–water partition coefficient (Wildman–Crippen LogP) is 5.03. The van der Waals surface area contributed by atoms with Crippen molar-refractivity contribution in [3.05, 3.63) is 89.9 Å². The summed E-state index contributed by atoms with van der Waals surface area (Å²) in [5, 5.41) is 2.63. The van der Waals surface area contributed by atoms with Crippen molar-refractivity contribution in [2.75, 3.05) is 59.2 Å². The van der Waals surface area contributed by atoms with Crippen LogP contribution in [0, 0.1) is 23.5 Å². The van der Waals surface area contributed by atoms with Gasteiger partial charge in [-0.2, -0.15) is 0 Å². The molecule has 1 N–H and O–H groups in total. The molecule has 0 bridgehead atoms. The minimum Gasteiger partial charge on any atom is -0.453 e. The zero-order chi connectivity index (χ0) is 46.8. The summed E-state index contributed by atoms with van der Waals surface area (Å²) in [6, 6.07) is 11.6. The Labute approximate surface area is 375 Å². The third-order valence-corrected chi connectivity index (χ3v) is 11.1. The lowest BCUT2D eigenvalue weighted by molar-refractivity contribution is -0.160. The van der Waals surface area contributed by atoms with Crippen LogP contribution in [0.25, 0.3) is 11.3 Å². The molecule has 3 aliphatic heterocycles. The van der Waals surface area contributed by atoms with Gasteiger partial charge in [-0.1, -0.05) is 30.3 Å². The highest BCUT2D eigenvalue weighted by atomic mass is 19.1. The molecule has 1 aromatic heterocycles. The average molecular weight is 907 g/mol. The third-order valence-electron chi connectivity index (χ3n) is 11.1. The number of alkyl carbamates (subject to hydrolysis) is 1. The number of nitrogens with zero attached hydrogens (tertiary/aromatic N) is 5. The van der Waals surface area contributed by atoms with E-state index in [0.29, 0.717) is 31.9 Å². The van der Waals surface area contributed by atoms with E-state index < -0.39 is 77.3 Å². The number of likely N-dealkylation sites (tertiary alicyclic amines) is 1. The Morgan fingerprint density at radius 3 is 2.37 bits per heavy atom. The second kappa shape index (κ2) is 21.6. The first kappa shape index (κ1) is 48.3. The van der Waals surface area contributed by atoms with Gasteiger partial charge in [-0.15, -0.1) is 0 Å². The minimum absolute atomic E-state index is 0.000787. The first-order valence-electron chi connectivity index (χ1n) is 21.6. The van der Waals surface area contributed by atoms with Crippen LogP contribution in [0.3, 0.4) is 0 Å². The quantitative estimate of drug-likeness (QED) is 0.0826. The topological polar surface area (TPSA) is 188 Å². The van der Waals surface area contributed by atoms with E-state index >= 15 is 4.39 Å². The maximum Gasteiger partial charge on any atom is 0.410 e. The molecule has 2 fully saturated rings. The number of hydrogen-bond donors (Lipinski definition) is 1. The first-order valence-corrected chi connectivity index (χ1v) is 21.6.